The topological polar surface area (TPSA) is 14.2 Å². The highest BCUT2D eigenvalue weighted by atomic mass is 16.5. The Hall–Kier alpha value is -6.12. The molecule has 1 aromatic heterocycles. The summed E-state index contributed by atoms with van der Waals surface area (Å²) in [5, 5.41) is 7.43. The second-order valence-corrected chi connectivity index (χ2v) is 12.1. The Morgan fingerprint density at radius 2 is 1.04 bits per heavy atom. The molecule has 0 radical (unpaired) electrons. The lowest BCUT2D eigenvalue weighted by molar-refractivity contribution is 0.487. The molecule has 0 aliphatic carbocycles. The van der Waals surface area contributed by atoms with Gasteiger partial charge in [-0.3, -0.25) is 0 Å². The summed E-state index contributed by atoms with van der Waals surface area (Å²) in [6.07, 6.45) is 0. The molecule has 0 atom stereocenters. The van der Waals surface area contributed by atoms with Crippen molar-refractivity contribution in [3.8, 4) is 50.6 Å². The number of fused-ring (bicyclic) bond motifs is 7. The zero-order valence-electron chi connectivity index (χ0n) is 24.9. The first-order chi connectivity index (χ1) is 22.8. The fraction of sp³-hybridized carbons (Fsp3) is 0. The van der Waals surface area contributed by atoms with Crippen molar-refractivity contribution < 1.29 is 4.74 Å². The third-order valence-electron chi connectivity index (χ3n) is 9.58. The monoisotopic (exact) mass is 585 g/mol. The van der Waals surface area contributed by atoms with E-state index in [0.717, 1.165) is 22.7 Å². The molecule has 0 fully saturated rings. The summed E-state index contributed by atoms with van der Waals surface area (Å²) >= 11 is 0. The fourth-order valence-electron chi connectivity index (χ4n) is 7.61. The minimum absolute atomic E-state index is 0.895. The molecule has 10 rings (SSSR count). The minimum atomic E-state index is 0.895. The molecule has 0 saturated heterocycles. The quantitative estimate of drug-likeness (QED) is 0.201. The highest BCUT2D eigenvalue weighted by molar-refractivity contribution is 6.25. The number of rotatable bonds is 3. The van der Waals surface area contributed by atoms with E-state index in [-0.39, 0.29) is 0 Å². The Kier molecular flexibility index (Phi) is 5.31. The maximum absolute atomic E-state index is 6.44. The van der Waals surface area contributed by atoms with Crippen LogP contribution in [0.2, 0.25) is 0 Å². The predicted molar refractivity (Wildman–Crippen MR) is 192 cm³/mol. The number of nitrogens with zero attached hydrogens (tertiary/aromatic N) is 1. The van der Waals surface area contributed by atoms with Gasteiger partial charge in [-0.25, -0.2) is 0 Å². The molecule has 2 heterocycles. The van der Waals surface area contributed by atoms with Gasteiger partial charge in [-0.2, -0.15) is 0 Å². The molecule has 1 aliphatic rings. The molecule has 0 saturated carbocycles. The molecule has 1 aliphatic heterocycles. The van der Waals surface area contributed by atoms with Crippen LogP contribution in [0, 0.1) is 0 Å². The first kappa shape index (κ1) is 25.2. The Bertz CT molecular complexity index is 2660. The number of benzene rings is 8. The number of para-hydroxylation sites is 1. The van der Waals surface area contributed by atoms with Gasteiger partial charge < -0.3 is 9.30 Å². The summed E-state index contributed by atoms with van der Waals surface area (Å²) in [4.78, 5) is 0. The second-order valence-electron chi connectivity index (χ2n) is 12.1. The third kappa shape index (κ3) is 3.59. The van der Waals surface area contributed by atoms with E-state index < -0.39 is 0 Å². The average Bonchev–Trinajstić information content (AvgIpc) is 3.47. The van der Waals surface area contributed by atoms with Crippen molar-refractivity contribution in [2.24, 2.45) is 0 Å². The molecule has 0 unspecified atom stereocenters. The van der Waals surface area contributed by atoms with Crippen molar-refractivity contribution in [1.82, 2.24) is 4.57 Å². The van der Waals surface area contributed by atoms with Gasteiger partial charge in [0.15, 0.2) is 0 Å². The van der Waals surface area contributed by atoms with E-state index in [1.165, 1.54) is 71.2 Å². The summed E-state index contributed by atoms with van der Waals surface area (Å²) < 4.78 is 8.86. The van der Waals surface area contributed by atoms with Gasteiger partial charge in [-0.05, 0) is 86.4 Å². The van der Waals surface area contributed by atoms with Crippen LogP contribution in [0.4, 0.5) is 0 Å². The lowest BCUT2D eigenvalue weighted by atomic mass is 9.88. The van der Waals surface area contributed by atoms with Crippen LogP contribution in [0.25, 0.3) is 82.4 Å². The lowest BCUT2D eigenvalue weighted by Crippen LogP contribution is -1.97. The molecule has 0 spiro atoms. The van der Waals surface area contributed by atoms with Crippen LogP contribution in [-0.2, 0) is 0 Å². The van der Waals surface area contributed by atoms with Gasteiger partial charge in [-0.15, -0.1) is 0 Å². The first-order valence-electron chi connectivity index (χ1n) is 15.8. The van der Waals surface area contributed by atoms with Gasteiger partial charge in [0.05, 0.1) is 11.0 Å². The van der Waals surface area contributed by atoms with E-state index in [1.54, 1.807) is 0 Å². The van der Waals surface area contributed by atoms with Gasteiger partial charge in [0.25, 0.3) is 0 Å². The molecule has 46 heavy (non-hydrogen) atoms. The molecular formula is C44H27NO. The van der Waals surface area contributed by atoms with Crippen molar-refractivity contribution in [3.63, 3.8) is 0 Å². The third-order valence-corrected chi connectivity index (χ3v) is 9.58. The average molecular weight is 586 g/mol. The molecule has 2 heteroatoms. The molecule has 0 N–H and O–H groups in total. The van der Waals surface area contributed by atoms with Crippen molar-refractivity contribution in [3.05, 3.63) is 164 Å². The van der Waals surface area contributed by atoms with Gasteiger partial charge in [0, 0.05) is 27.4 Å². The fourth-order valence-corrected chi connectivity index (χ4v) is 7.61. The predicted octanol–water partition coefficient (Wildman–Crippen LogP) is 12.2. The number of ether oxygens (including phenoxy) is 1. The number of hydrogen-bond acceptors (Lipinski definition) is 1. The van der Waals surface area contributed by atoms with Crippen LogP contribution in [-0.4, -0.2) is 4.57 Å². The van der Waals surface area contributed by atoms with E-state index >= 15 is 0 Å². The molecule has 8 aromatic carbocycles. The molecule has 9 aromatic rings. The second kappa shape index (κ2) is 9.69. The van der Waals surface area contributed by atoms with Gasteiger partial charge in [0.2, 0.25) is 0 Å². The van der Waals surface area contributed by atoms with Gasteiger partial charge >= 0.3 is 0 Å². The summed E-state index contributed by atoms with van der Waals surface area (Å²) in [5.74, 6) is 1.81. The van der Waals surface area contributed by atoms with Crippen molar-refractivity contribution in [2.75, 3.05) is 0 Å². The van der Waals surface area contributed by atoms with Crippen LogP contribution in [0.3, 0.4) is 0 Å². The number of hydrogen-bond donors (Lipinski definition) is 0. The smallest absolute Gasteiger partial charge is 0.135 e. The normalized spacial score (nSPS) is 12.1. The zero-order valence-corrected chi connectivity index (χ0v) is 24.9. The van der Waals surface area contributed by atoms with Crippen LogP contribution >= 0.6 is 0 Å². The van der Waals surface area contributed by atoms with Crippen LogP contribution in [0.1, 0.15) is 0 Å². The van der Waals surface area contributed by atoms with E-state index in [2.05, 4.69) is 168 Å². The molecule has 0 bridgehead atoms. The Morgan fingerprint density at radius 3 is 1.93 bits per heavy atom. The van der Waals surface area contributed by atoms with E-state index in [9.17, 15) is 0 Å². The van der Waals surface area contributed by atoms with E-state index in [1.807, 2.05) is 0 Å². The highest BCUT2D eigenvalue weighted by Gasteiger charge is 2.23. The van der Waals surface area contributed by atoms with E-state index in [4.69, 9.17) is 4.74 Å². The number of aromatic nitrogens is 1. The summed E-state index contributed by atoms with van der Waals surface area (Å²) in [6, 6.07) is 59.0. The minimum Gasteiger partial charge on any atom is -0.456 e. The SMILES string of the molecule is c1ccc(-n2c3cccc(-c4ccccc4-c4ccc5c(c4)-c4cccc6cccc(c46)O5)c3c3c4ccccc4ccc32)cc1. The van der Waals surface area contributed by atoms with Crippen molar-refractivity contribution in [2.45, 2.75) is 0 Å². The maximum atomic E-state index is 6.44. The maximum Gasteiger partial charge on any atom is 0.135 e. The van der Waals surface area contributed by atoms with Crippen LogP contribution in [0.15, 0.2) is 164 Å². The Balaban J connectivity index is 1.26. The van der Waals surface area contributed by atoms with Crippen LogP contribution in [0.5, 0.6) is 11.5 Å². The molecular weight excluding hydrogens is 558 g/mol. The lowest BCUT2D eigenvalue weighted by Gasteiger charge is -2.22. The molecule has 0 amide bonds. The summed E-state index contributed by atoms with van der Waals surface area (Å²) in [6.45, 7) is 0. The van der Waals surface area contributed by atoms with Gasteiger partial charge in [0.1, 0.15) is 11.5 Å². The van der Waals surface area contributed by atoms with Crippen molar-refractivity contribution >= 4 is 43.4 Å². The molecule has 214 valence electrons. The largest absolute Gasteiger partial charge is 0.456 e. The van der Waals surface area contributed by atoms with E-state index in [0.29, 0.717) is 0 Å². The van der Waals surface area contributed by atoms with Crippen LogP contribution < -0.4 is 4.74 Å². The summed E-state index contributed by atoms with van der Waals surface area (Å²) in [5.41, 5.74) is 10.7. The highest BCUT2D eigenvalue weighted by Crippen LogP contribution is 2.49. The summed E-state index contributed by atoms with van der Waals surface area (Å²) in [7, 11) is 0. The Labute approximate surface area is 266 Å². The van der Waals surface area contributed by atoms with Crippen molar-refractivity contribution in [1.29, 1.82) is 0 Å². The standard InChI is InChI=1S/C44H27NO/c1-2-14-31(15-3-1)45-38-21-10-20-35(44(38)43-33-17-5-4-11-28(33)23-25-39(43)45)34-18-7-6-16-32(34)30-24-26-40-37(27-30)36-19-8-12-29-13-9-22-41(46-40)42(29)36/h1-27H. The molecule has 2 nitrogen and oxygen atoms in total. The Morgan fingerprint density at radius 1 is 0.370 bits per heavy atom. The first-order valence-corrected chi connectivity index (χ1v) is 15.8. The zero-order chi connectivity index (χ0) is 30.2. The van der Waals surface area contributed by atoms with Gasteiger partial charge in [-0.1, -0.05) is 121 Å².